The number of rotatable bonds is 8. The summed E-state index contributed by atoms with van der Waals surface area (Å²) in [5, 5.41) is 10.4. The summed E-state index contributed by atoms with van der Waals surface area (Å²) in [7, 11) is 1.60. The van der Waals surface area contributed by atoms with Gasteiger partial charge >= 0.3 is 0 Å². The van der Waals surface area contributed by atoms with Crippen LogP contribution in [-0.4, -0.2) is 57.6 Å². The fourth-order valence-electron chi connectivity index (χ4n) is 4.75. The summed E-state index contributed by atoms with van der Waals surface area (Å²) >= 11 is 0. The first-order valence-electron chi connectivity index (χ1n) is 12.0. The van der Waals surface area contributed by atoms with Crippen LogP contribution in [-0.2, 0) is 17.9 Å². The van der Waals surface area contributed by atoms with E-state index in [0.717, 1.165) is 43.4 Å². The van der Waals surface area contributed by atoms with Crippen LogP contribution < -0.4 is 15.4 Å². The van der Waals surface area contributed by atoms with Crippen LogP contribution in [0, 0.1) is 0 Å². The molecule has 0 bridgehead atoms. The fourth-order valence-corrected chi connectivity index (χ4v) is 4.75. The van der Waals surface area contributed by atoms with Crippen LogP contribution >= 0.6 is 0 Å². The van der Waals surface area contributed by atoms with Crippen LogP contribution in [0.25, 0.3) is 0 Å². The third-order valence-electron chi connectivity index (χ3n) is 6.77. The number of benzene rings is 1. The quantitative estimate of drug-likeness (QED) is 0.621. The van der Waals surface area contributed by atoms with E-state index in [0.29, 0.717) is 18.8 Å². The van der Waals surface area contributed by atoms with Crippen molar-refractivity contribution in [3.8, 4) is 5.75 Å². The van der Waals surface area contributed by atoms with E-state index < -0.39 is 5.54 Å². The summed E-state index contributed by atoms with van der Waals surface area (Å²) in [6.07, 6.45) is 4.88. The third kappa shape index (κ3) is 4.64. The molecule has 2 N–H and O–H groups in total. The molecular weight excluding hydrogens is 434 g/mol. The van der Waals surface area contributed by atoms with Gasteiger partial charge in [0.1, 0.15) is 17.0 Å². The Balaban J connectivity index is 1.51. The average molecular weight is 468 g/mol. The summed E-state index contributed by atoms with van der Waals surface area (Å²) < 4.78 is 6.66. The van der Waals surface area contributed by atoms with E-state index in [1.54, 1.807) is 18.9 Å². The Hall–Kier alpha value is -3.36. The lowest BCUT2D eigenvalue weighted by Crippen LogP contribution is -2.65. The zero-order valence-electron chi connectivity index (χ0n) is 20.1. The van der Waals surface area contributed by atoms with Crippen LogP contribution in [0.4, 0.5) is 0 Å². The lowest BCUT2D eigenvalue weighted by atomic mass is 9.94. The lowest BCUT2D eigenvalue weighted by Gasteiger charge is -2.43. The number of carbonyl (C=O) groups excluding carboxylic acids is 3. The predicted molar refractivity (Wildman–Crippen MR) is 127 cm³/mol. The second kappa shape index (κ2) is 9.87. The van der Waals surface area contributed by atoms with Crippen molar-refractivity contribution in [3.05, 3.63) is 47.3 Å². The van der Waals surface area contributed by atoms with E-state index in [4.69, 9.17) is 4.74 Å². The second-order valence-electron chi connectivity index (χ2n) is 9.29. The molecule has 1 aliphatic heterocycles. The SMILES string of the molecule is CCCN1C(=O)c2cc(C(=O)NCc3ccc(OC)cc3)nn2CC1(C)C(=O)NC1CCCC1. The Kier molecular flexibility index (Phi) is 6.90. The smallest absolute Gasteiger partial charge is 0.273 e. The lowest BCUT2D eigenvalue weighted by molar-refractivity contribution is -0.133. The number of nitrogens with one attached hydrogen (secondary N) is 2. The molecule has 1 saturated carbocycles. The molecule has 0 spiro atoms. The highest BCUT2D eigenvalue weighted by Gasteiger charge is 2.48. The van der Waals surface area contributed by atoms with Gasteiger partial charge < -0.3 is 20.3 Å². The monoisotopic (exact) mass is 467 g/mol. The van der Waals surface area contributed by atoms with Crippen molar-refractivity contribution < 1.29 is 19.1 Å². The maximum atomic E-state index is 13.4. The van der Waals surface area contributed by atoms with Gasteiger partial charge in [0.05, 0.1) is 13.7 Å². The predicted octanol–water partition coefficient (Wildman–Crippen LogP) is 2.51. The number of nitrogens with zero attached hydrogens (tertiary/aromatic N) is 3. The second-order valence-corrected chi connectivity index (χ2v) is 9.29. The summed E-state index contributed by atoms with van der Waals surface area (Å²) in [5.41, 5.74) is 0.341. The maximum Gasteiger partial charge on any atom is 0.273 e. The number of aromatic nitrogens is 2. The van der Waals surface area contributed by atoms with Gasteiger partial charge in [0.2, 0.25) is 5.91 Å². The molecule has 0 radical (unpaired) electrons. The van der Waals surface area contributed by atoms with Crippen LogP contribution in [0.15, 0.2) is 30.3 Å². The van der Waals surface area contributed by atoms with Gasteiger partial charge in [-0.15, -0.1) is 0 Å². The molecule has 2 aliphatic rings. The van der Waals surface area contributed by atoms with E-state index in [2.05, 4.69) is 15.7 Å². The normalized spacial score (nSPS) is 20.2. The molecule has 3 amide bonds. The Morgan fingerprint density at radius 3 is 2.56 bits per heavy atom. The molecule has 1 atom stereocenters. The molecular formula is C25H33N5O4. The molecule has 0 saturated heterocycles. The van der Waals surface area contributed by atoms with Crippen LogP contribution in [0.3, 0.4) is 0 Å². The first kappa shape index (κ1) is 23.8. The fraction of sp³-hybridized carbons (Fsp3) is 0.520. The maximum absolute atomic E-state index is 13.4. The van der Waals surface area contributed by atoms with Gasteiger partial charge in [0, 0.05) is 25.2 Å². The highest BCUT2D eigenvalue weighted by atomic mass is 16.5. The van der Waals surface area contributed by atoms with E-state index in [1.165, 1.54) is 10.7 Å². The largest absolute Gasteiger partial charge is 0.497 e. The van der Waals surface area contributed by atoms with Crippen molar-refractivity contribution in [2.45, 2.75) is 70.6 Å². The summed E-state index contributed by atoms with van der Waals surface area (Å²) in [6, 6.07) is 9.07. The number of fused-ring (bicyclic) bond motifs is 1. The molecule has 1 fully saturated rings. The Morgan fingerprint density at radius 2 is 1.91 bits per heavy atom. The molecule has 9 nitrogen and oxygen atoms in total. The van der Waals surface area contributed by atoms with Gasteiger partial charge in [0.25, 0.3) is 11.8 Å². The van der Waals surface area contributed by atoms with Gasteiger partial charge in [0.15, 0.2) is 5.69 Å². The molecule has 182 valence electrons. The molecule has 2 heterocycles. The number of hydrogen-bond donors (Lipinski definition) is 2. The van der Waals surface area contributed by atoms with E-state index >= 15 is 0 Å². The van der Waals surface area contributed by atoms with Crippen LogP contribution in [0.1, 0.15) is 72.5 Å². The number of amides is 3. The van der Waals surface area contributed by atoms with Crippen molar-refractivity contribution in [1.82, 2.24) is 25.3 Å². The molecule has 1 aromatic carbocycles. The molecule has 34 heavy (non-hydrogen) atoms. The van der Waals surface area contributed by atoms with Gasteiger partial charge in [-0.1, -0.05) is 31.9 Å². The third-order valence-corrected chi connectivity index (χ3v) is 6.77. The molecule has 4 rings (SSSR count). The molecule has 1 unspecified atom stereocenters. The minimum Gasteiger partial charge on any atom is -0.497 e. The van der Waals surface area contributed by atoms with Crippen molar-refractivity contribution in [2.75, 3.05) is 13.7 Å². The number of methoxy groups -OCH3 is 1. The minimum atomic E-state index is -1.06. The number of ether oxygens (including phenoxy) is 1. The van der Waals surface area contributed by atoms with E-state index in [9.17, 15) is 14.4 Å². The summed E-state index contributed by atoms with van der Waals surface area (Å²) in [5.74, 6) is -0.0663. The summed E-state index contributed by atoms with van der Waals surface area (Å²) in [4.78, 5) is 41.1. The molecule has 1 aromatic heterocycles. The molecule has 2 aromatic rings. The van der Waals surface area contributed by atoms with Crippen molar-refractivity contribution >= 4 is 17.7 Å². The average Bonchev–Trinajstić information content (AvgIpc) is 3.50. The highest BCUT2D eigenvalue weighted by Crippen LogP contribution is 2.29. The minimum absolute atomic E-state index is 0.154. The van der Waals surface area contributed by atoms with Crippen molar-refractivity contribution in [1.29, 1.82) is 0 Å². The number of carbonyl (C=O) groups is 3. The van der Waals surface area contributed by atoms with E-state index in [-0.39, 0.29) is 36.0 Å². The van der Waals surface area contributed by atoms with Gasteiger partial charge in [-0.25, -0.2) is 0 Å². The highest BCUT2D eigenvalue weighted by molar-refractivity contribution is 6.01. The first-order valence-corrected chi connectivity index (χ1v) is 12.0. The van der Waals surface area contributed by atoms with Gasteiger partial charge in [-0.05, 0) is 43.9 Å². The zero-order chi connectivity index (χ0) is 24.3. The standard InChI is InChI=1S/C25H33N5O4/c1-4-13-29-23(32)21-14-20(22(31)26-15-17-9-11-19(34-3)12-10-17)28-30(21)16-25(29,2)24(33)27-18-7-5-6-8-18/h9-12,14,18H,4-8,13,15-16H2,1-3H3,(H,26,31)(H,27,33). The summed E-state index contributed by atoms with van der Waals surface area (Å²) in [6.45, 7) is 4.75. The Labute approximate surface area is 199 Å². The first-order chi connectivity index (χ1) is 16.4. The van der Waals surface area contributed by atoms with Crippen LogP contribution in [0.5, 0.6) is 5.75 Å². The number of hydrogen-bond acceptors (Lipinski definition) is 5. The van der Waals surface area contributed by atoms with E-state index in [1.807, 2.05) is 31.2 Å². The van der Waals surface area contributed by atoms with Crippen molar-refractivity contribution in [2.24, 2.45) is 0 Å². The zero-order valence-corrected chi connectivity index (χ0v) is 20.1. The molecule has 9 heteroatoms. The van der Waals surface area contributed by atoms with Gasteiger partial charge in [-0.2, -0.15) is 5.10 Å². The van der Waals surface area contributed by atoms with Gasteiger partial charge in [-0.3, -0.25) is 19.1 Å². The van der Waals surface area contributed by atoms with Crippen LogP contribution in [0.2, 0.25) is 0 Å². The topological polar surface area (TPSA) is 106 Å². The Bertz CT molecular complexity index is 1060. The molecule has 1 aliphatic carbocycles. The Morgan fingerprint density at radius 1 is 1.21 bits per heavy atom. The van der Waals surface area contributed by atoms with Crippen molar-refractivity contribution in [3.63, 3.8) is 0 Å².